The highest BCUT2D eigenvalue weighted by Gasteiger charge is 2.49. The van der Waals surface area contributed by atoms with E-state index in [1.165, 1.54) is 16.0 Å². The van der Waals surface area contributed by atoms with E-state index in [1.54, 1.807) is 6.92 Å². The lowest BCUT2D eigenvalue weighted by atomic mass is 9.89. The summed E-state index contributed by atoms with van der Waals surface area (Å²) >= 11 is 3.40. The number of halogens is 1. The third-order valence-corrected chi connectivity index (χ3v) is 5.73. The zero-order chi connectivity index (χ0) is 17.6. The summed E-state index contributed by atoms with van der Waals surface area (Å²) in [5, 5.41) is 2.90. The number of fused-ring (bicyclic) bond motifs is 1. The first-order valence-corrected chi connectivity index (χ1v) is 9.27. The summed E-state index contributed by atoms with van der Waals surface area (Å²) in [6.07, 6.45) is 3.30. The van der Waals surface area contributed by atoms with E-state index in [2.05, 4.69) is 33.4 Å². The van der Waals surface area contributed by atoms with Crippen molar-refractivity contribution in [2.75, 3.05) is 0 Å². The van der Waals surface area contributed by atoms with E-state index in [9.17, 15) is 9.59 Å². The summed E-state index contributed by atoms with van der Waals surface area (Å²) in [4.78, 5) is 26.8. The highest BCUT2D eigenvalue weighted by Crippen LogP contribution is 2.33. The van der Waals surface area contributed by atoms with Gasteiger partial charge in [-0.15, -0.1) is 0 Å². The van der Waals surface area contributed by atoms with Crippen LogP contribution >= 0.6 is 15.9 Å². The normalized spacial score (nSPS) is 22.2. The molecule has 1 heterocycles. The van der Waals surface area contributed by atoms with Crippen LogP contribution in [-0.4, -0.2) is 16.8 Å². The Bertz CT molecular complexity index is 862. The van der Waals surface area contributed by atoms with Crippen molar-refractivity contribution < 1.29 is 9.59 Å². The Kier molecular flexibility index (Phi) is 3.91. The molecule has 3 amide bonds. The summed E-state index contributed by atoms with van der Waals surface area (Å²) in [6, 6.07) is 13.5. The largest absolute Gasteiger partial charge is 0.325 e. The van der Waals surface area contributed by atoms with Crippen molar-refractivity contribution in [3.8, 4) is 0 Å². The van der Waals surface area contributed by atoms with Gasteiger partial charge in [-0.05, 0) is 60.6 Å². The average Bonchev–Trinajstić information content (AvgIpc) is 3.15. The van der Waals surface area contributed by atoms with Gasteiger partial charge in [0.1, 0.15) is 5.54 Å². The van der Waals surface area contributed by atoms with E-state index in [4.69, 9.17) is 0 Å². The number of imide groups is 1. The van der Waals surface area contributed by atoms with Crippen LogP contribution in [0.1, 0.15) is 35.6 Å². The van der Waals surface area contributed by atoms with Gasteiger partial charge in [0.2, 0.25) is 0 Å². The molecule has 128 valence electrons. The van der Waals surface area contributed by atoms with Gasteiger partial charge >= 0.3 is 6.03 Å². The Morgan fingerprint density at radius 3 is 2.56 bits per heavy atom. The maximum atomic E-state index is 13.0. The van der Waals surface area contributed by atoms with E-state index >= 15 is 0 Å². The number of amides is 3. The fourth-order valence-corrected chi connectivity index (χ4v) is 3.96. The Hall–Kier alpha value is -2.14. The average molecular weight is 399 g/mol. The molecule has 0 aromatic heterocycles. The predicted molar refractivity (Wildman–Crippen MR) is 99.0 cm³/mol. The monoisotopic (exact) mass is 398 g/mol. The highest BCUT2D eigenvalue weighted by molar-refractivity contribution is 9.10. The molecular formula is C20H19BrN2O2. The molecule has 0 radical (unpaired) electrons. The first kappa shape index (κ1) is 16.3. The van der Waals surface area contributed by atoms with E-state index < -0.39 is 5.54 Å². The number of urea groups is 1. The van der Waals surface area contributed by atoms with Gasteiger partial charge in [0.25, 0.3) is 5.91 Å². The molecule has 1 unspecified atom stereocenters. The fraction of sp³-hybridized carbons (Fsp3) is 0.300. The van der Waals surface area contributed by atoms with Gasteiger partial charge in [0.15, 0.2) is 0 Å². The van der Waals surface area contributed by atoms with Crippen molar-refractivity contribution in [1.29, 1.82) is 0 Å². The van der Waals surface area contributed by atoms with Gasteiger partial charge < -0.3 is 5.32 Å². The second-order valence-corrected chi connectivity index (χ2v) is 7.83. The lowest BCUT2D eigenvalue weighted by Crippen LogP contribution is -2.40. The van der Waals surface area contributed by atoms with Crippen molar-refractivity contribution in [2.45, 2.75) is 38.3 Å². The third kappa shape index (κ3) is 2.76. The SMILES string of the molecule is CC1(c2ccc3c(c2)CCC3)NC(=O)N(Cc2ccc(Br)cc2)C1=O. The molecule has 1 saturated heterocycles. The number of carbonyl (C=O) groups is 2. The van der Waals surface area contributed by atoms with Gasteiger partial charge in [-0.3, -0.25) is 9.69 Å². The van der Waals surface area contributed by atoms with E-state index in [1.807, 2.05) is 30.3 Å². The highest BCUT2D eigenvalue weighted by atomic mass is 79.9. The van der Waals surface area contributed by atoms with E-state index in [-0.39, 0.29) is 18.5 Å². The summed E-state index contributed by atoms with van der Waals surface area (Å²) < 4.78 is 0.969. The van der Waals surface area contributed by atoms with Gasteiger partial charge in [-0.2, -0.15) is 0 Å². The van der Waals surface area contributed by atoms with Crippen molar-refractivity contribution >= 4 is 27.9 Å². The molecule has 0 bridgehead atoms. The molecule has 2 aromatic rings. The number of nitrogens with zero attached hydrogens (tertiary/aromatic N) is 1. The number of hydrogen-bond donors (Lipinski definition) is 1. The minimum atomic E-state index is -0.996. The minimum Gasteiger partial charge on any atom is -0.319 e. The van der Waals surface area contributed by atoms with Crippen LogP contribution in [0, 0.1) is 0 Å². The molecule has 0 spiro atoms. The van der Waals surface area contributed by atoms with E-state index in [0.29, 0.717) is 0 Å². The van der Waals surface area contributed by atoms with Crippen molar-refractivity contribution in [1.82, 2.24) is 10.2 Å². The van der Waals surface area contributed by atoms with Crippen LogP contribution in [-0.2, 0) is 29.7 Å². The molecule has 2 aromatic carbocycles. The first-order valence-electron chi connectivity index (χ1n) is 8.48. The number of hydrogen-bond acceptors (Lipinski definition) is 2. The zero-order valence-corrected chi connectivity index (χ0v) is 15.6. The summed E-state index contributed by atoms with van der Waals surface area (Å²) in [7, 11) is 0. The second-order valence-electron chi connectivity index (χ2n) is 6.91. The molecule has 1 aliphatic carbocycles. The molecule has 1 fully saturated rings. The molecule has 2 aliphatic rings. The Balaban J connectivity index is 1.62. The van der Waals surface area contributed by atoms with Gasteiger partial charge in [0, 0.05) is 4.47 Å². The van der Waals surface area contributed by atoms with Crippen LogP contribution in [0.2, 0.25) is 0 Å². The van der Waals surface area contributed by atoms with Crippen molar-refractivity contribution in [3.63, 3.8) is 0 Å². The van der Waals surface area contributed by atoms with Crippen LogP contribution in [0.3, 0.4) is 0 Å². The Morgan fingerprint density at radius 2 is 1.80 bits per heavy atom. The molecule has 25 heavy (non-hydrogen) atoms. The smallest absolute Gasteiger partial charge is 0.319 e. The first-order chi connectivity index (χ1) is 12.0. The fourth-order valence-electron chi connectivity index (χ4n) is 3.69. The summed E-state index contributed by atoms with van der Waals surface area (Å²) in [6.45, 7) is 2.07. The van der Waals surface area contributed by atoms with Crippen LogP contribution in [0.4, 0.5) is 4.79 Å². The summed E-state index contributed by atoms with van der Waals surface area (Å²) in [5.41, 5.74) is 3.45. The number of nitrogens with one attached hydrogen (secondary N) is 1. The molecule has 4 rings (SSSR count). The minimum absolute atomic E-state index is 0.196. The predicted octanol–water partition coefficient (Wildman–Crippen LogP) is 3.91. The van der Waals surface area contributed by atoms with Crippen LogP contribution < -0.4 is 5.32 Å². The number of aryl methyl sites for hydroxylation is 2. The van der Waals surface area contributed by atoms with Crippen molar-refractivity contribution in [3.05, 3.63) is 69.2 Å². The second kappa shape index (κ2) is 5.99. The Morgan fingerprint density at radius 1 is 1.08 bits per heavy atom. The maximum absolute atomic E-state index is 13.0. The molecule has 4 nitrogen and oxygen atoms in total. The quantitative estimate of drug-likeness (QED) is 0.796. The number of carbonyl (C=O) groups excluding carboxylic acids is 2. The molecule has 1 atom stereocenters. The van der Waals surface area contributed by atoms with Gasteiger partial charge in [-0.25, -0.2) is 4.79 Å². The van der Waals surface area contributed by atoms with Gasteiger partial charge in [-0.1, -0.05) is 46.3 Å². The van der Waals surface area contributed by atoms with Crippen LogP contribution in [0.15, 0.2) is 46.9 Å². The topological polar surface area (TPSA) is 49.4 Å². The number of rotatable bonds is 3. The lowest BCUT2D eigenvalue weighted by molar-refractivity contribution is -0.131. The van der Waals surface area contributed by atoms with Crippen molar-refractivity contribution in [2.24, 2.45) is 0 Å². The van der Waals surface area contributed by atoms with Crippen LogP contribution in [0.25, 0.3) is 0 Å². The molecular weight excluding hydrogens is 380 g/mol. The van der Waals surface area contributed by atoms with Crippen LogP contribution in [0.5, 0.6) is 0 Å². The third-order valence-electron chi connectivity index (χ3n) is 5.20. The maximum Gasteiger partial charge on any atom is 0.325 e. The standard InChI is InChI=1S/C20H19BrN2O2/c1-20(16-8-7-14-3-2-4-15(14)11-16)18(24)23(19(25)22-20)12-13-5-9-17(21)10-6-13/h5-11H,2-4,12H2,1H3,(H,22,25). The zero-order valence-electron chi connectivity index (χ0n) is 14.0. The summed E-state index contributed by atoms with van der Waals surface area (Å²) in [5.74, 6) is -0.196. The van der Waals surface area contributed by atoms with E-state index in [0.717, 1.165) is 34.9 Å². The Labute approximate surface area is 155 Å². The van der Waals surface area contributed by atoms with Gasteiger partial charge in [0.05, 0.1) is 6.54 Å². The molecule has 0 saturated carbocycles. The number of benzene rings is 2. The molecule has 1 aliphatic heterocycles. The lowest BCUT2D eigenvalue weighted by Gasteiger charge is -2.23. The molecule has 1 N–H and O–H groups in total. The molecule has 5 heteroatoms.